The van der Waals surface area contributed by atoms with Crippen LogP contribution in [0.15, 0.2) is 0 Å². The Morgan fingerprint density at radius 3 is 2.47 bits per heavy atom. The molecule has 0 spiro atoms. The Balaban J connectivity index is 1.82. The van der Waals surface area contributed by atoms with Crippen molar-refractivity contribution in [3.05, 3.63) is 0 Å². The first kappa shape index (κ1) is 11.4. The van der Waals surface area contributed by atoms with Gasteiger partial charge in [0, 0.05) is 31.6 Å². The molecule has 2 fully saturated rings. The van der Waals surface area contributed by atoms with Gasteiger partial charge in [0.15, 0.2) is 0 Å². The summed E-state index contributed by atoms with van der Waals surface area (Å²) in [5.41, 5.74) is 0. The Bertz CT molecular complexity index is 200. The molecule has 3 nitrogen and oxygen atoms in total. The van der Waals surface area contributed by atoms with Crippen molar-refractivity contribution in [2.75, 3.05) is 39.9 Å². The Morgan fingerprint density at radius 2 is 1.87 bits per heavy atom. The Kier molecular flexibility index (Phi) is 3.65. The first-order valence-corrected chi connectivity index (χ1v) is 6.18. The van der Waals surface area contributed by atoms with Crippen molar-refractivity contribution < 1.29 is 4.74 Å². The van der Waals surface area contributed by atoms with Crippen LogP contribution in [0, 0.1) is 17.8 Å². The van der Waals surface area contributed by atoms with Crippen LogP contribution in [-0.4, -0.2) is 50.8 Å². The van der Waals surface area contributed by atoms with E-state index in [1.807, 2.05) is 7.05 Å². The highest BCUT2D eigenvalue weighted by molar-refractivity contribution is 4.86. The minimum absolute atomic E-state index is 0.566. The maximum Gasteiger partial charge on any atom is 0.0623 e. The van der Waals surface area contributed by atoms with Gasteiger partial charge in [0.2, 0.25) is 0 Å². The van der Waals surface area contributed by atoms with Crippen molar-refractivity contribution in [2.24, 2.45) is 17.8 Å². The van der Waals surface area contributed by atoms with Crippen LogP contribution >= 0.6 is 0 Å². The van der Waals surface area contributed by atoms with Gasteiger partial charge in [0.25, 0.3) is 0 Å². The standard InChI is InChI=1S/C12H24N2O/c1-9-4-14(5-10(9)2)6-11-7-15-8-12(11)13-3/h9-13H,4-8H2,1-3H3. The van der Waals surface area contributed by atoms with Crippen LogP contribution in [0.25, 0.3) is 0 Å². The molecule has 15 heavy (non-hydrogen) atoms. The molecular weight excluding hydrogens is 188 g/mol. The maximum atomic E-state index is 5.54. The van der Waals surface area contributed by atoms with E-state index in [4.69, 9.17) is 4.74 Å². The fourth-order valence-corrected chi connectivity index (χ4v) is 2.83. The van der Waals surface area contributed by atoms with E-state index in [0.29, 0.717) is 12.0 Å². The molecule has 88 valence electrons. The van der Waals surface area contributed by atoms with Gasteiger partial charge in [0.1, 0.15) is 0 Å². The van der Waals surface area contributed by atoms with Crippen molar-refractivity contribution in [2.45, 2.75) is 19.9 Å². The quantitative estimate of drug-likeness (QED) is 0.749. The van der Waals surface area contributed by atoms with E-state index >= 15 is 0 Å². The molecule has 0 saturated carbocycles. The van der Waals surface area contributed by atoms with Gasteiger partial charge in [-0.3, -0.25) is 0 Å². The SMILES string of the molecule is CNC1COCC1CN1CC(C)C(C)C1. The Hall–Kier alpha value is -0.120. The third-order valence-corrected chi connectivity index (χ3v) is 4.13. The monoisotopic (exact) mass is 212 g/mol. The van der Waals surface area contributed by atoms with E-state index in [1.54, 1.807) is 0 Å². The van der Waals surface area contributed by atoms with E-state index in [2.05, 4.69) is 24.1 Å². The van der Waals surface area contributed by atoms with Crippen molar-refractivity contribution >= 4 is 0 Å². The lowest BCUT2D eigenvalue weighted by Crippen LogP contribution is -2.39. The predicted molar refractivity (Wildman–Crippen MR) is 61.9 cm³/mol. The number of nitrogens with zero attached hydrogens (tertiary/aromatic N) is 1. The summed E-state index contributed by atoms with van der Waals surface area (Å²) in [6.45, 7) is 10.3. The lowest BCUT2D eigenvalue weighted by molar-refractivity contribution is 0.172. The van der Waals surface area contributed by atoms with Crippen molar-refractivity contribution in [3.8, 4) is 0 Å². The number of likely N-dealkylation sites (tertiary alicyclic amines) is 1. The minimum Gasteiger partial charge on any atom is -0.379 e. The second-order valence-electron chi connectivity index (χ2n) is 5.37. The molecule has 4 unspecified atom stereocenters. The number of hydrogen-bond donors (Lipinski definition) is 1. The number of ether oxygens (including phenoxy) is 1. The third-order valence-electron chi connectivity index (χ3n) is 4.13. The van der Waals surface area contributed by atoms with Crippen LogP contribution in [0.1, 0.15) is 13.8 Å². The first-order chi connectivity index (χ1) is 7.20. The van der Waals surface area contributed by atoms with Crippen LogP contribution in [0.2, 0.25) is 0 Å². The topological polar surface area (TPSA) is 24.5 Å². The molecule has 0 amide bonds. The lowest BCUT2D eigenvalue weighted by Gasteiger charge is -2.23. The molecule has 1 N–H and O–H groups in total. The summed E-state index contributed by atoms with van der Waals surface area (Å²) in [5.74, 6) is 2.41. The molecule has 2 saturated heterocycles. The second-order valence-corrected chi connectivity index (χ2v) is 5.37. The Labute approximate surface area is 93.2 Å². The van der Waals surface area contributed by atoms with Crippen molar-refractivity contribution in [1.29, 1.82) is 0 Å². The van der Waals surface area contributed by atoms with Gasteiger partial charge in [-0.15, -0.1) is 0 Å². The number of rotatable bonds is 3. The van der Waals surface area contributed by atoms with Crippen molar-refractivity contribution in [3.63, 3.8) is 0 Å². The molecule has 0 bridgehead atoms. The largest absolute Gasteiger partial charge is 0.379 e. The summed E-state index contributed by atoms with van der Waals surface area (Å²) in [4.78, 5) is 2.61. The van der Waals surface area contributed by atoms with E-state index in [0.717, 1.165) is 25.0 Å². The summed E-state index contributed by atoms with van der Waals surface area (Å²) in [6, 6.07) is 0.566. The predicted octanol–water partition coefficient (Wildman–Crippen LogP) is 0.809. The molecule has 0 aliphatic carbocycles. The van der Waals surface area contributed by atoms with Crippen LogP contribution in [0.4, 0.5) is 0 Å². The molecule has 2 heterocycles. The summed E-state index contributed by atoms with van der Waals surface area (Å²) < 4.78 is 5.54. The number of nitrogens with one attached hydrogen (secondary N) is 1. The lowest BCUT2D eigenvalue weighted by atomic mass is 10.0. The molecule has 0 radical (unpaired) electrons. The molecule has 2 rings (SSSR count). The summed E-state index contributed by atoms with van der Waals surface area (Å²) in [6.07, 6.45) is 0. The number of likely N-dealkylation sites (N-methyl/N-ethyl adjacent to an activating group) is 1. The summed E-state index contributed by atoms with van der Waals surface area (Å²) in [7, 11) is 2.04. The molecule has 3 heteroatoms. The van der Waals surface area contributed by atoms with Gasteiger partial charge >= 0.3 is 0 Å². The maximum absolute atomic E-state index is 5.54. The zero-order valence-corrected chi connectivity index (χ0v) is 10.2. The van der Waals surface area contributed by atoms with E-state index in [9.17, 15) is 0 Å². The zero-order valence-electron chi connectivity index (χ0n) is 10.2. The molecule has 0 aromatic carbocycles. The van der Waals surface area contributed by atoms with Crippen LogP contribution < -0.4 is 5.32 Å². The van der Waals surface area contributed by atoms with Crippen LogP contribution in [0.5, 0.6) is 0 Å². The molecule has 2 aliphatic rings. The van der Waals surface area contributed by atoms with Crippen molar-refractivity contribution in [1.82, 2.24) is 10.2 Å². The average Bonchev–Trinajstić information content (AvgIpc) is 2.75. The zero-order chi connectivity index (χ0) is 10.8. The Morgan fingerprint density at radius 1 is 1.20 bits per heavy atom. The normalized spacial score (nSPS) is 42.6. The van der Waals surface area contributed by atoms with E-state index < -0.39 is 0 Å². The van der Waals surface area contributed by atoms with Gasteiger partial charge < -0.3 is 15.0 Å². The average molecular weight is 212 g/mol. The highest BCUT2D eigenvalue weighted by Crippen LogP contribution is 2.24. The van der Waals surface area contributed by atoms with Crippen LogP contribution in [-0.2, 0) is 4.74 Å². The minimum atomic E-state index is 0.566. The van der Waals surface area contributed by atoms with Gasteiger partial charge in [0.05, 0.1) is 13.2 Å². The molecule has 4 atom stereocenters. The smallest absolute Gasteiger partial charge is 0.0623 e. The van der Waals surface area contributed by atoms with E-state index in [-0.39, 0.29) is 0 Å². The summed E-state index contributed by atoms with van der Waals surface area (Å²) in [5, 5.41) is 3.36. The van der Waals surface area contributed by atoms with Gasteiger partial charge in [-0.25, -0.2) is 0 Å². The second kappa shape index (κ2) is 4.81. The van der Waals surface area contributed by atoms with Crippen LogP contribution in [0.3, 0.4) is 0 Å². The first-order valence-electron chi connectivity index (χ1n) is 6.18. The molecule has 2 aliphatic heterocycles. The molecular formula is C12H24N2O. The number of hydrogen-bond acceptors (Lipinski definition) is 3. The molecule has 0 aromatic rings. The molecule has 0 aromatic heterocycles. The fourth-order valence-electron chi connectivity index (χ4n) is 2.83. The highest BCUT2D eigenvalue weighted by Gasteiger charge is 2.32. The highest BCUT2D eigenvalue weighted by atomic mass is 16.5. The third kappa shape index (κ3) is 2.52. The fraction of sp³-hybridized carbons (Fsp3) is 1.00. The van der Waals surface area contributed by atoms with Gasteiger partial charge in [-0.2, -0.15) is 0 Å². The summed E-state index contributed by atoms with van der Waals surface area (Å²) >= 11 is 0. The van der Waals surface area contributed by atoms with Gasteiger partial charge in [-0.1, -0.05) is 13.8 Å². The van der Waals surface area contributed by atoms with Gasteiger partial charge in [-0.05, 0) is 18.9 Å². The van der Waals surface area contributed by atoms with E-state index in [1.165, 1.54) is 19.6 Å².